The molecule has 146 valence electrons. The standard InChI is InChI=1S/C22H16Cl3N3O/c23-12-8-9-13(16(25)10-12)20-14(11-26)22(27)28(17-5-2-1-4-15(17)24)18-6-3-7-19(29)21(18)20/h1-2,4-5,8-10,20H,3,6-7,27H2/t20-/m0/s1. The van der Waals surface area contributed by atoms with E-state index in [9.17, 15) is 10.1 Å². The van der Waals surface area contributed by atoms with Gasteiger partial charge in [-0.25, -0.2) is 0 Å². The van der Waals surface area contributed by atoms with Gasteiger partial charge in [-0.2, -0.15) is 5.26 Å². The predicted octanol–water partition coefficient (Wildman–Crippen LogP) is 5.95. The molecule has 0 bridgehead atoms. The van der Waals surface area contributed by atoms with Gasteiger partial charge < -0.3 is 5.73 Å². The quantitative estimate of drug-likeness (QED) is 0.621. The molecule has 0 spiro atoms. The summed E-state index contributed by atoms with van der Waals surface area (Å²) < 4.78 is 0. The van der Waals surface area contributed by atoms with Crippen molar-refractivity contribution in [1.82, 2.24) is 0 Å². The van der Waals surface area contributed by atoms with Crippen molar-refractivity contribution in [3.63, 3.8) is 0 Å². The van der Waals surface area contributed by atoms with Crippen LogP contribution in [0.3, 0.4) is 0 Å². The van der Waals surface area contributed by atoms with Crippen molar-refractivity contribution in [1.29, 1.82) is 5.26 Å². The maximum absolute atomic E-state index is 13.1. The Kier molecular flexibility index (Phi) is 5.31. The van der Waals surface area contributed by atoms with Gasteiger partial charge in [0.1, 0.15) is 5.82 Å². The molecule has 0 saturated heterocycles. The lowest BCUT2D eigenvalue weighted by molar-refractivity contribution is -0.116. The molecule has 2 aromatic carbocycles. The van der Waals surface area contributed by atoms with Crippen molar-refractivity contribution < 1.29 is 4.79 Å². The fraction of sp³-hybridized carbons (Fsp3) is 0.182. The molecular weight excluding hydrogens is 429 g/mol. The minimum absolute atomic E-state index is 0.0143. The number of allylic oxidation sites excluding steroid dienone is 3. The number of Topliss-reactive ketones (excluding diaryl/α,β-unsaturated/α-hetero) is 1. The van der Waals surface area contributed by atoms with Crippen LogP contribution in [-0.4, -0.2) is 5.78 Å². The van der Waals surface area contributed by atoms with Gasteiger partial charge in [-0.05, 0) is 42.7 Å². The summed E-state index contributed by atoms with van der Waals surface area (Å²) in [5.41, 5.74) is 9.36. The Morgan fingerprint density at radius 1 is 1.07 bits per heavy atom. The Hall–Kier alpha value is -2.45. The summed E-state index contributed by atoms with van der Waals surface area (Å²) in [6, 6.07) is 14.5. The van der Waals surface area contributed by atoms with Crippen molar-refractivity contribution in [3.05, 3.63) is 85.8 Å². The number of benzene rings is 2. The molecule has 0 unspecified atom stereocenters. The van der Waals surface area contributed by atoms with Crippen LogP contribution < -0.4 is 10.6 Å². The van der Waals surface area contributed by atoms with E-state index in [1.807, 2.05) is 18.2 Å². The maximum Gasteiger partial charge on any atom is 0.161 e. The van der Waals surface area contributed by atoms with E-state index >= 15 is 0 Å². The highest BCUT2D eigenvalue weighted by atomic mass is 35.5. The minimum atomic E-state index is -0.633. The van der Waals surface area contributed by atoms with E-state index in [4.69, 9.17) is 40.5 Å². The Morgan fingerprint density at radius 2 is 1.83 bits per heavy atom. The number of carbonyl (C=O) groups is 1. The van der Waals surface area contributed by atoms with E-state index < -0.39 is 5.92 Å². The van der Waals surface area contributed by atoms with Crippen LogP contribution >= 0.6 is 34.8 Å². The summed E-state index contributed by atoms with van der Waals surface area (Å²) in [7, 11) is 0. The van der Waals surface area contributed by atoms with Gasteiger partial charge >= 0.3 is 0 Å². The van der Waals surface area contributed by atoms with Gasteiger partial charge in [0.2, 0.25) is 0 Å². The largest absolute Gasteiger partial charge is 0.384 e. The number of halogens is 3. The number of para-hydroxylation sites is 1. The van der Waals surface area contributed by atoms with Crippen LogP contribution in [0.1, 0.15) is 30.7 Å². The van der Waals surface area contributed by atoms with Crippen LogP contribution in [0.5, 0.6) is 0 Å². The minimum Gasteiger partial charge on any atom is -0.384 e. The topological polar surface area (TPSA) is 70.1 Å². The molecule has 1 heterocycles. The number of ketones is 1. The van der Waals surface area contributed by atoms with Gasteiger partial charge in [-0.3, -0.25) is 9.69 Å². The summed E-state index contributed by atoms with van der Waals surface area (Å²) in [5.74, 6) is -0.393. The van der Waals surface area contributed by atoms with Gasteiger partial charge in [-0.15, -0.1) is 0 Å². The number of hydrogen-bond acceptors (Lipinski definition) is 4. The highest BCUT2D eigenvalue weighted by Crippen LogP contribution is 2.48. The average molecular weight is 445 g/mol. The van der Waals surface area contributed by atoms with Crippen molar-refractivity contribution in [2.45, 2.75) is 25.2 Å². The molecule has 0 aromatic heterocycles. The lowest BCUT2D eigenvalue weighted by Crippen LogP contribution is -2.38. The van der Waals surface area contributed by atoms with Crippen molar-refractivity contribution in [2.24, 2.45) is 5.73 Å². The molecule has 0 saturated carbocycles. The molecule has 2 N–H and O–H groups in total. The molecule has 7 heteroatoms. The lowest BCUT2D eigenvalue weighted by atomic mass is 9.75. The Morgan fingerprint density at radius 3 is 2.52 bits per heavy atom. The number of hydrogen-bond donors (Lipinski definition) is 1. The van der Waals surface area contributed by atoms with E-state index in [1.54, 1.807) is 29.2 Å². The zero-order valence-electron chi connectivity index (χ0n) is 15.3. The highest BCUT2D eigenvalue weighted by molar-refractivity contribution is 6.35. The maximum atomic E-state index is 13.1. The number of anilines is 1. The van der Waals surface area contributed by atoms with Gasteiger partial charge in [0.05, 0.1) is 28.3 Å². The third-order valence-electron chi connectivity index (χ3n) is 5.28. The van der Waals surface area contributed by atoms with Gasteiger partial charge in [0.25, 0.3) is 0 Å². The van der Waals surface area contributed by atoms with Crippen LogP contribution in [0.4, 0.5) is 5.69 Å². The molecule has 1 aliphatic heterocycles. The third-order valence-corrected chi connectivity index (χ3v) is 6.16. The van der Waals surface area contributed by atoms with Crippen molar-refractivity contribution in [2.75, 3.05) is 4.90 Å². The fourth-order valence-electron chi connectivity index (χ4n) is 4.04. The summed E-state index contributed by atoms with van der Waals surface area (Å²) in [6.45, 7) is 0. The molecule has 4 nitrogen and oxygen atoms in total. The molecule has 0 radical (unpaired) electrons. The molecule has 4 rings (SSSR count). The molecule has 2 aliphatic rings. The predicted molar refractivity (Wildman–Crippen MR) is 116 cm³/mol. The van der Waals surface area contributed by atoms with E-state index in [2.05, 4.69) is 6.07 Å². The first-order valence-electron chi connectivity index (χ1n) is 9.09. The van der Waals surface area contributed by atoms with Crippen molar-refractivity contribution >= 4 is 46.3 Å². The van der Waals surface area contributed by atoms with Crippen LogP contribution in [-0.2, 0) is 4.79 Å². The second-order valence-corrected chi connectivity index (χ2v) is 8.18. The monoisotopic (exact) mass is 443 g/mol. The molecule has 2 aromatic rings. The van der Waals surface area contributed by atoms with Crippen LogP contribution in [0.2, 0.25) is 15.1 Å². The fourth-order valence-corrected chi connectivity index (χ4v) is 4.78. The highest BCUT2D eigenvalue weighted by Gasteiger charge is 2.41. The second kappa shape index (κ2) is 7.76. The molecule has 0 fully saturated rings. The first kappa shape index (κ1) is 19.8. The summed E-state index contributed by atoms with van der Waals surface area (Å²) >= 11 is 18.9. The van der Waals surface area contributed by atoms with E-state index in [0.717, 1.165) is 5.70 Å². The Balaban J connectivity index is 2.01. The van der Waals surface area contributed by atoms with E-state index in [1.165, 1.54) is 0 Å². The SMILES string of the molecule is N#CC1=C(N)N(c2ccccc2Cl)C2=C(C(=O)CCC2)[C@H]1c1ccc(Cl)cc1Cl. The number of nitriles is 1. The number of nitrogens with zero attached hydrogens (tertiary/aromatic N) is 2. The number of carbonyl (C=O) groups excluding carboxylic acids is 1. The van der Waals surface area contributed by atoms with Gasteiger partial charge in [-0.1, -0.05) is 53.0 Å². The Bertz CT molecular complexity index is 1130. The zero-order valence-corrected chi connectivity index (χ0v) is 17.5. The molecule has 0 amide bonds. The Labute approximate surface area is 183 Å². The van der Waals surface area contributed by atoms with Crippen molar-refractivity contribution in [3.8, 4) is 6.07 Å². The normalized spacial score (nSPS) is 19.3. The third kappa shape index (κ3) is 3.30. The first-order valence-corrected chi connectivity index (χ1v) is 10.2. The lowest BCUT2D eigenvalue weighted by Gasteiger charge is -2.40. The molecular formula is C22H16Cl3N3O. The summed E-state index contributed by atoms with van der Waals surface area (Å²) in [4.78, 5) is 14.8. The average Bonchev–Trinajstić information content (AvgIpc) is 2.69. The van der Waals surface area contributed by atoms with Gasteiger partial charge in [0.15, 0.2) is 5.78 Å². The summed E-state index contributed by atoms with van der Waals surface area (Å²) in [5, 5.41) is 11.4. The molecule has 29 heavy (non-hydrogen) atoms. The van der Waals surface area contributed by atoms with Gasteiger partial charge in [0, 0.05) is 27.7 Å². The number of nitrogens with two attached hydrogens (primary N) is 1. The van der Waals surface area contributed by atoms with Crippen LogP contribution in [0.15, 0.2) is 65.1 Å². The molecule has 1 aliphatic carbocycles. The second-order valence-electron chi connectivity index (χ2n) is 6.93. The van der Waals surface area contributed by atoms with Crippen LogP contribution in [0.25, 0.3) is 0 Å². The zero-order chi connectivity index (χ0) is 20.7. The van der Waals surface area contributed by atoms with Crippen LogP contribution in [0, 0.1) is 11.3 Å². The smallest absolute Gasteiger partial charge is 0.161 e. The summed E-state index contributed by atoms with van der Waals surface area (Å²) in [6.07, 6.45) is 1.76. The van der Waals surface area contributed by atoms with E-state index in [-0.39, 0.29) is 17.2 Å². The number of rotatable bonds is 2. The first-order chi connectivity index (χ1) is 13.9. The van der Waals surface area contributed by atoms with E-state index in [0.29, 0.717) is 51.2 Å². The molecule has 1 atom stereocenters.